The Morgan fingerprint density at radius 2 is 1.88 bits per heavy atom. The molecule has 0 aliphatic heterocycles. The molecule has 1 N–H and O–H groups in total. The Balaban J connectivity index is 2.07. The summed E-state index contributed by atoms with van der Waals surface area (Å²) in [7, 11) is 1.51. The number of carbonyl (C=O) groups excluding carboxylic acids is 2. The van der Waals surface area contributed by atoms with Crippen LogP contribution in [-0.4, -0.2) is 18.8 Å². The van der Waals surface area contributed by atoms with E-state index in [2.05, 4.69) is 5.32 Å². The van der Waals surface area contributed by atoms with Gasteiger partial charge in [-0.15, -0.1) is 0 Å². The van der Waals surface area contributed by atoms with Crippen molar-refractivity contribution in [1.82, 2.24) is 0 Å². The third-order valence-corrected chi connectivity index (χ3v) is 3.85. The molecule has 5 nitrogen and oxygen atoms in total. The van der Waals surface area contributed by atoms with E-state index in [9.17, 15) is 9.59 Å². The molecule has 0 radical (unpaired) electrons. The summed E-state index contributed by atoms with van der Waals surface area (Å²) in [5, 5.41) is 3.44. The molecular weight excluding hydrogens is 306 g/mol. The van der Waals surface area contributed by atoms with Gasteiger partial charge in [0.2, 0.25) is 0 Å². The van der Waals surface area contributed by atoms with Crippen molar-refractivity contribution >= 4 is 28.3 Å². The number of carbonyl (C=O) groups is 2. The zero-order valence-electron chi connectivity index (χ0n) is 13.7. The van der Waals surface area contributed by atoms with Crippen LogP contribution < -0.4 is 10.1 Å². The molecule has 0 spiro atoms. The molecule has 3 rings (SSSR count). The third kappa shape index (κ3) is 2.76. The fourth-order valence-electron chi connectivity index (χ4n) is 2.53. The van der Waals surface area contributed by atoms with Crippen molar-refractivity contribution in [2.75, 3.05) is 12.4 Å². The molecule has 0 aliphatic rings. The molecule has 1 amide bonds. The van der Waals surface area contributed by atoms with Crippen LogP contribution in [0, 0.1) is 6.92 Å². The summed E-state index contributed by atoms with van der Waals surface area (Å²) in [6.45, 7) is 3.34. The summed E-state index contributed by atoms with van der Waals surface area (Å²) in [4.78, 5) is 24.3. The first-order valence-electron chi connectivity index (χ1n) is 7.49. The number of rotatable bonds is 4. The molecule has 0 unspecified atom stereocenters. The molecule has 3 aromatic rings. The van der Waals surface area contributed by atoms with Crippen molar-refractivity contribution in [1.29, 1.82) is 0 Å². The standard InChI is InChI=1S/C19H17NO4/c1-11-6-4-5-7-15(11)20-19(22)13-8-9-16(23-3)18-14(13)10-17(24-18)12(2)21/h4-10H,1-3H3,(H,20,22). The third-order valence-electron chi connectivity index (χ3n) is 3.85. The van der Waals surface area contributed by atoms with Gasteiger partial charge in [-0.05, 0) is 36.8 Å². The first-order chi connectivity index (χ1) is 11.5. The van der Waals surface area contributed by atoms with Gasteiger partial charge in [0, 0.05) is 18.0 Å². The number of nitrogens with one attached hydrogen (secondary N) is 1. The summed E-state index contributed by atoms with van der Waals surface area (Å²) < 4.78 is 10.8. The average Bonchev–Trinajstić information content (AvgIpc) is 3.01. The van der Waals surface area contributed by atoms with Gasteiger partial charge < -0.3 is 14.5 Å². The van der Waals surface area contributed by atoms with E-state index in [0.717, 1.165) is 11.3 Å². The number of hydrogen-bond donors (Lipinski definition) is 1. The van der Waals surface area contributed by atoms with Gasteiger partial charge in [0.25, 0.3) is 5.91 Å². The Morgan fingerprint density at radius 3 is 2.54 bits per heavy atom. The highest BCUT2D eigenvalue weighted by atomic mass is 16.5. The van der Waals surface area contributed by atoms with Crippen LogP contribution in [0.3, 0.4) is 0 Å². The van der Waals surface area contributed by atoms with Crippen LogP contribution in [-0.2, 0) is 0 Å². The first-order valence-corrected chi connectivity index (χ1v) is 7.49. The number of fused-ring (bicyclic) bond motifs is 1. The number of anilines is 1. The van der Waals surface area contributed by atoms with Crippen LogP contribution in [0.1, 0.15) is 33.4 Å². The van der Waals surface area contributed by atoms with Crippen molar-refractivity contribution in [3.05, 3.63) is 59.4 Å². The number of para-hydroxylation sites is 1. The van der Waals surface area contributed by atoms with Gasteiger partial charge in [-0.3, -0.25) is 9.59 Å². The van der Waals surface area contributed by atoms with Gasteiger partial charge in [0.05, 0.1) is 12.7 Å². The number of furan rings is 1. The summed E-state index contributed by atoms with van der Waals surface area (Å²) in [5.41, 5.74) is 2.51. The van der Waals surface area contributed by atoms with E-state index in [4.69, 9.17) is 9.15 Å². The summed E-state index contributed by atoms with van der Waals surface area (Å²) in [5.74, 6) is 0.191. The fourth-order valence-corrected chi connectivity index (χ4v) is 2.53. The number of ether oxygens (including phenoxy) is 1. The molecule has 122 valence electrons. The largest absolute Gasteiger partial charge is 0.493 e. The smallest absolute Gasteiger partial charge is 0.256 e. The van der Waals surface area contributed by atoms with Crippen molar-refractivity contribution in [3.8, 4) is 5.75 Å². The lowest BCUT2D eigenvalue weighted by molar-refractivity contribution is 0.0987. The van der Waals surface area contributed by atoms with E-state index >= 15 is 0 Å². The molecule has 0 saturated carbocycles. The molecule has 5 heteroatoms. The first kappa shape index (κ1) is 15.8. The number of aryl methyl sites for hydroxylation is 1. The van der Waals surface area contributed by atoms with Gasteiger partial charge in [0.15, 0.2) is 22.9 Å². The number of ketones is 1. The van der Waals surface area contributed by atoms with Crippen LogP contribution in [0.15, 0.2) is 46.9 Å². The van der Waals surface area contributed by atoms with Gasteiger partial charge in [0.1, 0.15) is 0 Å². The van der Waals surface area contributed by atoms with Crippen molar-refractivity contribution in [3.63, 3.8) is 0 Å². The van der Waals surface area contributed by atoms with Crippen LogP contribution >= 0.6 is 0 Å². The minimum absolute atomic E-state index is 0.194. The van der Waals surface area contributed by atoms with Gasteiger partial charge in [-0.25, -0.2) is 0 Å². The van der Waals surface area contributed by atoms with Gasteiger partial charge in [-0.1, -0.05) is 18.2 Å². The minimum atomic E-state index is -0.271. The molecule has 0 fully saturated rings. The zero-order chi connectivity index (χ0) is 17.3. The quantitative estimate of drug-likeness (QED) is 0.730. The summed E-state index contributed by atoms with van der Waals surface area (Å²) in [6.07, 6.45) is 0. The molecule has 0 atom stereocenters. The van der Waals surface area contributed by atoms with E-state index in [1.165, 1.54) is 14.0 Å². The second kappa shape index (κ2) is 6.20. The molecule has 2 aromatic carbocycles. The van der Waals surface area contributed by atoms with Gasteiger partial charge >= 0.3 is 0 Å². The number of methoxy groups -OCH3 is 1. The molecule has 24 heavy (non-hydrogen) atoms. The lowest BCUT2D eigenvalue weighted by atomic mass is 10.1. The number of Topliss-reactive ketones (excluding diaryl/α,β-unsaturated/α-hetero) is 1. The van der Waals surface area contributed by atoms with Crippen LogP contribution in [0.25, 0.3) is 11.0 Å². The number of benzene rings is 2. The second-order valence-electron chi connectivity index (χ2n) is 5.49. The van der Waals surface area contributed by atoms with E-state index in [1.807, 2.05) is 31.2 Å². The molecule has 0 bridgehead atoms. The molecule has 1 heterocycles. The fraction of sp³-hybridized carbons (Fsp3) is 0.158. The Kier molecular flexibility index (Phi) is 4.08. The molecule has 0 aliphatic carbocycles. The topological polar surface area (TPSA) is 68.5 Å². The lowest BCUT2D eigenvalue weighted by Gasteiger charge is -2.09. The van der Waals surface area contributed by atoms with Crippen molar-refractivity contribution < 1.29 is 18.7 Å². The minimum Gasteiger partial charge on any atom is -0.493 e. The highest BCUT2D eigenvalue weighted by Crippen LogP contribution is 2.32. The predicted octanol–water partition coefficient (Wildman–Crippen LogP) is 4.20. The monoisotopic (exact) mass is 323 g/mol. The predicted molar refractivity (Wildman–Crippen MR) is 91.9 cm³/mol. The van der Waals surface area contributed by atoms with Crippen molar-refractivity contribution in [2.45, 2.75) is 13.8 Å². The average molecular weight is 323 g/mol. The Morgan fingerprint density at radius 1 is 1.12 bits per heavy atom. The Labute approximate surface area is 139 Å². The van der Waals surface area contributed by atoms with E-state index < -0.39 is 0 Å². The molecular formula is C19H17NO4. The van der Waals surface area contributed by atoms with Gasteiger partial charge in [-0.2, -0.15) is 0 Å². The number of amides is 1. The maximum absolute atomic E-state index is 12.7. The Bertz CT molecular complexity index is 940. The van der Waals surface area contributed by atoms with Crippen molar-refractivity contribution in [2.24, 2.45) is 0 Å². The number of hydrogen-bond acceptors (Lipinski definition) is 4. The molecule has 1 aromatic heterocycles. The SMILES string of the molecule is COc1ccc(C(=O)Nc2ccccc2C)c2cc(C(C)=O)oc12. The lowest BCUT2D eigenvalue weighted by Crippen LogP contribution is -2.13. The normalized spacial score (nSPS) is 10.6. The van der Waals surface area contributed by atoms with Crippen LogP contribution in [0.4, 0.5) is 5.69 Å². The zero-order valence-corrected chi connectivity index (χ0v) is 13.7. The van der Waals surface area contributed by atoms with Crippen LogP contribution in [0.2, 0.25) is 0 Å². The van der Waals surface area contributed by atoms with E-state index in [0.29, 0.717) is 22.3 Å². The van der Waals surface area contributed by atoms with Crippen LogP contribution in [0.5, 0.6) is 5.75 Å². The summed E-state index contributed by atoms with van der Waals surface area (Å²) >= 11 is 0. The maximum atomic E-state index is 12.7. The second-order valence-corrected chi connectivity index (χ2v) is 5.49. The molecule has 0 saturated heterocycles. The summed E-state index contributed by atoms with van der Waals surface area (Å²) in [6, 6.07) is 12.4. The van der Waals surface area contributed by atoms with E-state index in [-0.39, 0.29) is 17.5 Å². The Hall–Kier alpha value is -3.08. The van der Waals surface area contributed by atoms with E-state index in [1.54, 1.807) is 18.2 Å². The highest BCUT2D eigenvalue weighted by molar-refractivity contribution is 6.14. The maximum Gasteiger partial charge on any atom is 0.256 e. The highest BCUT2D eigenvalue weighted by Gasteiger charge is 2.19.